The molecule has 3 rings (SSSR count). The lowest BCUT2D eigenvalue weighted by atomic mass is 9.89. The molecule has 0 aliphatic heterocycles. The van der Waals surface area contributed by atoms with Crippen LogP contribution in [0.5, 0.6) is 0 Å². The van der Waals surface area contributed by atoms with Crippen molar-refractivity contribution in [2.75, 3.05) is 11.9 Å². The molecule has 1 aromatic carbocycles. The molecule has 1 fully saturated rings. The number of anilines is 1. The second-order valence-corrected chi connectivity index (χ2v) is 8.64. The summed E-state index contributed by atoms with van der Waals surface area (Å²) in [5.74, 6) is 0.335. The number of hydrazine groups is 1. The van der Waals surface area contributed by atoms with Gasteiger partial charge in [0.05, 0.1) is 0 Å². The lowest BCUT2D eigenvalue weighted by Gasteiger charge is -2.30. The van der Waals surface area contributed by atoms with Gasteiger partial charge in [0.2, 0.25) is 11.0 Å². The van der Waals surface area contributed by atoms with E-state index in [1.807, 2.05) is 30.3 Å². The molecule has 7 nitrogen and oxygen atoms in total. The SMILES string of the molecule is O=C(Nc1n[nH]c(=S)s1)NN(CC1CCCCC1)C(=O)CCc1ccccc1. The zero-order chi connectivity index (χ0) is 19.8. The van der Waals surface area contributed by atoms with Gasteiger partial charge < -0.3 is 0 Å². The molecular weight excluding hydrogens is 394 g/mol. The van der Waals surface area contributed by atoms with Crippen LogP contribution in [-0.2, 0) is 11.2 Å². The minimum atomic E-state index is -0.485. The first-order valence-corrected chi connectivity index (χ1v) is 10.8. The van der Waals surface area contributed by atoms with Crippen LogP contribution in [0.3, 0.4) is 0 Å². The van der Waals surface area contributed by atoms with E-state index < -0.39 is 6.03 Å². The largest absolute Gasteiger partial charge is 0.339 e. The van der Waals surface area contributed by atoms with Crippen molar-refractivity contribution in [3.05, 3.63) is 39.8 Å². The molecule has 0 saturated heterocycles. The molecule has 0 atom stereocenters. The van der Waals surface area contributed by atoms with Gasteiger partial charge in [0.15, 0.2) is 3.95 Å². The number of rotatable bonds is 6. The normalized spacial score (nSPS) is 14.4. The Hall–Kier alpha value is -2.26. The van der Waals surface area contributed by atoms with Crippen molar-refractivity contribution in [2.45, 2.75) is 44.9 Å². The van der Waals surface area contributed by atoms with Crippen LogP contribution in [-0.4, -0.2) is 33.7 Å². The van der Waals surface area contributed by atoms with Gasteiger partial charge in [-0.1, -0.05) is 60.9 Å². The molecule has 3 N–H and O–H groups in total. The minimum Gasteiger partial charge on any atom is -0.281 e. The maximum atomic E-state index is 12.8. The fraction of sp³-hybridized carbons (Fsp3) is 0.474. The Morgan fingerprint density at radius 1 is 1.21 bits per heavy atom. The summed E-state index contributed by atoms with van der Waals surface area (Å²) in [4.78, 5) is 25.2. The number of carbonyl (C=O) groups excluding carboxylic acids is 2. The predicted molar refractivity (Wildman–Crippen MR) is 113 cm³/mol. The monoisotopic (exact) mass is 419 g/mol. The maximum Gasteiger partial charge on any atom is 0.339 e. The minimum absolute atomic E-state index is 0.0840. The van der Waals surface area contributed by atoms with Crippen LogP contribution >= 0.6 is 23.6 Å². The number of H-pyrrole nitrogens is 1. The van der Waals surface area contributed by atoms with E-state index in [1.54, 1.807) is 0 Å². The van der Waals surface area contributed by atoms with E-state index in [4.69, 9.17) is 12.2 Å². The van der Waals surface area contributed by atoms with Crippen LogP contribution in [0.1, 0.15) is 44.1 Å². The maximum absolute atomic E-state index is 12.8. The zero-order valence-electron chi connectivity index (χ0n) is 15.6. The van der Waals surface area contributed by atoms with Gasteiger partial charge in [0.1, 0.15) is 0 Å². The summed E-state index contributed by atoms with van der Waals surface area (Å²) in [7, 11) is 0. The number of amides is 3. The predicted octanol–water partition coefficient (Wildman–Crippen LogP) is 4.28. The Bertz CT molecular complexity index is 830. The highest BCUT2D eigenvalue weighted by molar-refractivity contribution is 7.73. The van der Waals surface area contributed by atoms with E-state index >= 15 is 0 Å². The second-order valence-electron chi connectivity index (χ2n) is 6.98. The summed E-state index contributed by atoms with van der Waals surface area (Å²) in [6.45, 7) is 0.539. The zero-order valence-corrected chi connectivity index (χ0v) is 17.3. The topological polar surface area (TPSA) is 90.1 Å². The standard InChI is InChI=1S/C19H25N5O2S2/c25-16(12-11-14-7-3-1-4-8-14)24(13-15-9-5-2-6-10-15)23-17(26)20-18-21-22-19(27)28-18/h1,3-4,7-8,15H,2,5-6,9-13H2,(H,22,27)(H2,20,21,23,26). The Labute approximate surface area is 173 Å². The summed E-state index contributed by atoms with van der Waals surface area (Å²) in [5.41, 5.74) is 3.82. The number of urea groups is 1. The highest BCUT2D eigenvalue weighted by atomic mass is 32.1. The molecular formula is C19H25N5O2S2. The molecule has 2 aromatic rings. The van der Waals surface area contributed by atoms with E-state index in [-0.39, 0.29) is 5.91 Å². The van der Waals surface area contributed by atoms with E-state index in [9.17, 15) is 9.59 Å². The first kappa shape index (κ1) is 20.5. The summed E-state index contributed by atoms with van der Waals surface area (Å²) < 4.78 is 0.480. The molecule has 1 aliphatic carbocycles. The summed E-state index contributed by atoms with van der Waals surface area (Å²) in [6.07, 6.45) is 6.78. The Kier molecular flexibility index (Phi) is 7.55. The number of nitrogens with zero attached hydrogens (tertiary/aromatic N) is 2. The summed E-state index contributed by atoms with van der Waals surface area (Å²) in [6, 6.07) is 9.40. The van der Waals surface area contributed by atoms with Gasteiger partial charge in [-0.3, -0.25) is 20.2 Å². The van der Waals surface area contributed by atoms with Crippen molar-refractivity contribution < 1.29 is 9.59 Å². The van der Waals surface area contributed by atoms with Crippen LogP contribution in [0.15, 0.2) is 30.3 Å². The summed E-state index contributed by atoms with van der Waals surface area (Å²) in [5, 5.41) is 11.0. The van der Waals surface area contributed by atoms with Crippen molar-refractivity contribution in [1.29, 1.82) is 0 Å². The molecule has 1 aliphatic rings. The van der Waals surface area contributed by atoms with Crippen LogP contribution in [0.25, 0.3) is 0 Å². The Balaban J connectivity index is 1.60. The number of benzene rings is 1. The third kappa shape index (κ3) is 6.42. The lowest BCUT2D eigenvalue weighted by Crippen LogP contribution is -2.50. The van der Waals surface area contributed by atoms with Gasteiger partial charge >= 0.3 is 6.03 Å². The number of carbonyl (C=O) groups is 2. The highest BCUT2D eigenvalue weighted by Crippen LogP contribution is 2.24. The van der Waals surface area contributed by atoms with Gasteiger partial charge in [-0.15, -0.1) is 5.10 Å². The van der Waals surface area contributed by atoms with Crippen molar-refractivity contribution in [3.63, 3.8) is 0 Å². The second kappa shape index (κ2) is 10.3. The van der Waals surface area contributed by atoms with Crippen molar-refractivity contribution in [2.24, 2.45) is 5.92 Å². The van der Waals surface area contributed by atoms with Gasteiger partial charge in [-0.25, -0.2) is 10.2 Å². The average Bonchev–Trinajstić information content (AvgIpc) is 3.11. The molecule has 0 unspecified atom stereocenters. The molecule has 1 heterocycles. The first-order valence-electron chi connectivity index (χ1n) is 9.57. The van der Waals surface area contributed by atoms with Crippen molar-refractivity contribution >= 4 is 40.6 Å². The molecule has 0 radical (unpaired) electrons. The van der Waals surface area contributed by atoms with E-state index in [0.29, 0.717) is 34.4 Å². The van der Waals surface area contributed by atoms with Crippen molar-refractivity contribution in [3.8, 4) is 0 Å². The molecule has 0 bridgehead atoms. The first-order chi connectivity index (χ1) is 13.6. The smallest absolute Gasteiger partial charge is 0.281 e. The van der Waals surface area contributed by atoms with Gasteiger partial charge in [-0.2, -0.15) is 0 Å². The number of hydrogen-bond donors (Lipinski definition) is 3. The van der Waals surface area contributed by atoms with Crippen LogP contribution in [0.4, 0.5) is 9.93 Å². The number of aryl methyl sites for hydroxylation is 1. The van der Waals surface area contributed by atoms with Gasteiger partial charge in [0.25, 0.3) is 0 Å². The van der Waals surface area contributed by atoms with E-state index in [2.05, 4.69) is 20.9 Å². The quantitative estimate of drug-likeness (QED) is 0.481. The average molecular weight is 420 g/mol. The molecule has 0 spiro atoms. The molecule has 1 aromatic heterocycles. The number of aromatic nitrogens is 2. The number of hydrogen-bond acceptors (Lipinski definition) is 5. The van der Waals surface area contributed by atoms with Crippen LogP contribution in [0.2, 0.25) is 0 Å². The summed E-state index contributed by atoms with van der Waals surface area (Å²) >= 11 is 6.14. The third-order valence-corrected chi connectivity index (χ3v) is 5.84. The Morgan fingerprint density at radius 3 is 2.64 bits per heavy atom. The third-order valence-electron chi connectivity index (χ3n) is 4.83. The van der Waals surface area contributed by atoms with Gasteiger partial charge in [0, 0.05) is 13.0 Å². The van der Waals surface area contributed by atoms with Crippen LogP contribution < -0.4 is 10.7 Å². The van der Waals surface area contributed by atoms with E-state index in [1.165, 1.54) is 35.6 Å². The van der Waals surface area contributed by atoms with Crippen LogP contribution in [0, 0.1) is 9.87 Å². The fourth-order valence-corrected chi connectivity index (χ4v) is 4.18. The lowest BCUT2D eigenvalue weighted by molar-refractivity contribution is -0.134. The molecule has 150 valence electrons. The molecule has 3 amide bonds. The Morgan fingerprint density at radius 2 is 1.96 bits per heavy atom. The van der Waals surface area contributed by atoms with Crippen molar-refractivity contribution in [1.82, 2.24) is 20.6 Å². The fourth-order valence-electron chi connectivity index (χ4n) is 3.40. The highest BCUT2D eigenvalue weighted by Gasteiger charge is 2.22. The molecule has 9 heteroatoms. The van der Waals surface area contributed by atoms with E-state index in [0.717, 1.165) is 18.4 Å². The number of aromatic amines is 1. The molecule has 1 saturated carbocycles. The van der Waals surface area contributed by atoms with Gasteiger partial charge in [-0.05, 0) is 43.0 Å². The molecule has 28 heavy (non-hydrogen) atoms. The number of nitrogens with one attached hydrogen (secondary N) is 3.